The van der Waals surface area contributed by atoms with Crippen molar-refractivity contribution in [3.05, 3.63) is 35.9 Å². The van der Waals surface area contributed by atoms with Crippen molar-refractivity contribution in [3.63, 3.8) is 0 Å². The Morgan fingerprint density at radius 3 is 1.93 bits per heavy atom. The largest absolute Gasteiger partial charge is 0.338 e. The lowest BCUT2D eigenvalue weighted by Crippen LogP contribution is -2.60. The third kappa shape index (κ3) is 4.17. The number of hydrogen-bond acceptors (Lipinski definition) is 5. The Balaban J connectivity index is 1.62. The van der Waals surface area contributed by atoms with E-state index in [0.29, 0.717) is 39.3 Å². The Bertz CT molecular complexity index is 752. The molecular weight excluding hydrogens is 366 g/mol. The summed E-state index contributed by atoms with van der Waals surface area (Å²) in [7, 11) is -1.48. The third-order valence-corrected chi connectivity index (χ3v) is 7.49. The fourth-order valence-electron chi connectivity index (χ4n) is 3.54. The Kier molecular flexibility index (Phi) is 5.87. The maximum absolute atomic E-state index is 12.9. The number of carbonyl (C=O) groups is 1. The first-order chi connectivity index (χ1) is 12.7. The van der Waals surface area contributed by atoms with Crippen molar-refractivity contribution >= 4 is 16.1 Å². The second-order valence-electron chi connectivity index (χ2n) is 7.47. The zero-order chi connectivity index (χ0) is 19.7. The molecule has 1 atom stereocenters. The summed E-state index contributed by atoms with van der Waals surface area (Å²) in [5.41, 5.74) is 5.95. The fourth-order valence-corrected chi connectivity index (χ4v) is 5.12. The van der Waals surface area contributed by atoms with Crippen LogP contribution in [-0.2, 0) is 20.5 Å². The van der Waals surface area contributed by atoms with Gasteiger partial charge in [-0.05, 0) is 19.5 Å². The van der Waals surface area contributed by atoms with Crippen LogP contribution < -0.4 is 5.73 Å². The van der Waals surface area contributed by atoms with Crippen LogP contribution in [0.3, 0.4) is 0 Å². The fraction of sp³-hybridized carbons (Fsp3) is 0.611. The molecule has 2 heterocycles. The van der Waals surface area contributed by atoms with Crippen LogP contribution in [0.4, 0.5) is 0 Å². The zero-order valence-corrected chi connectivity index (χ0v) is 16.9. The lowest BCUT2D eigenvalue weighted by Gasteiger charge is -2.40. The molecule has 150 valence electrons. The van der Waals surface area contributed by atoms with E-state index < -0.39 is 15.7 Å². The van der Waals surface area contributed by atoms with Crippen LogP contribution in [0.2, 0.25) is 0 Å². The van der Waals surface area contributed by atoms with Gasteiger partial charge in [0.15, 0.2) is 0 Å². The van der Waals surface area contributed by atoms with Gasteiger partial charge in [0.25, 0.3) is 10.2 Å². The van der Waals surface area contributed by atoms with Crippen LogP contribution in [0.1, 0.15) is 12.5 Å². The molecule has 2 fully saturated rings. The van der Waals surface area contributed by atoms with E-state index in [-0.39, 0.29) is 5.91 Å². The van der Waals surface area contributed by atoms with E-state index in [1.165, 1.54) is 4.31 Å². The monoisotopic (exact) mass is 395 g/mol. The standard InChI is InChI=1S/C18H29N5O3S/c1-18(19,16-6-4-3-5-7-16)17(24)21-10-14-23(15-11-21)27(25,26)22-12-8-20(2)9-13-22/h3-7H,8-15,19H2,1-2H3. The Morgan fingerprint density at radius 1 is 0.926 bits per heavy atom. The number of benzene rings is 1. The zero-order valence-electron chi connectivity index (χ0n) is 16.0. The van der Waals surface area contributed by atoms with Crippen LogP contribution in [0.5, 0.6) is 0 Å². The lowest BCUT2D eigenvalue weighted by atomic mass is 9.91. The third-order valence-electron chi connectivity index (χ3n) is 5.46. The molecular formula is C18H29N5O3S. The van der Waals surface area contributed by atoms with Gasteiger partial charge >= 0.3 is 0 Å². The maximum Gasteiger partial charge on any atom is 0.282 e. The van der Waals surface area contributed by atoms with Crippen molar-refractivity contribution in [3.8, 4) is 0 Å². The van der Waals surface area contributed by atoms with Gasteiger partial charge in [-0.2, -0.15) is 17.0 Å². The van der Waals surface area contributed by atoms with Gasteiger partial charge in [0.1, 0.15) is 5.54 Å². The molecule has 0 bridgehead atoms. The molecule has 0 aromatic heterocycles. The highest BCUT2D eigenvalue weighted by Crippen LogP contribution is 2.22. The van der Waals surface area contributed by atoms with Crippen molar-refractivity contribution in [1.29, 1.82) is 0 Å². The molecule has 2 aliphatic heterocycles. The molecule has 0 spiro atoms. The van der Waals surface area contributed by atoms with Gasteiger partial charge in [0.05, 0.1) is 0 Å². The van der Waals surface area contributed by atoms with E-state index in [9.17, 15) is 13.2 Å². The highest BCUT2D eigenvalue weighted by atomic mass is 32.2. The number of hydrogen-bond donors (Lipinski definition) is 1. The van der Waals surface area contributed by atoms with Gasteiger partial charge in [0.2, 0.25) is 5.91 Å². The van der Waals surface area contributed by atoms with Gasteiger partial charge < -0.3 is 15.5 Å². The van der Waals surface area contributed by atoms with E-state index in [0.717, 1.165) is 18.7 Å². The number of amides is 1. The Labute approximate surface area is 161 Å². The second-order valence-corrected chi connectivity index (χ2v) is 9.40. The number of piperazine rings is 2. The van der Waals surface area contributed by atoms with E-state index in [1.807, 2.05) is 37.4 Å². The van der Waals surface area contributed by atoms with E-state index in [2.05, 4.69) is 4.90 Å². The predicted octanol–water partition coefficient (Wildman–Crippen LogP) is -0.503. The van der Waals surface area contributed by atoms with E-state index in [1.54, 1.807) is 16.1 Å². The maximum atomic E-state index is 12.9. The normalized spacial score (nSPS) is 23.1. The molecule has 3 rings (SSSR count). The molecule has 0 aliphatic carbocycles. The smallest absolute Gasteiger partial charge is 0.282 e. The number of carbonyl (C=O) groups excluding carboxylic acids is 1. The molecule has 8 nitrogen and oxygen atoms in total. The Hall–Kier alpha value is -1.52. The van der Waals surface area contributed by atoms with Crippen molar-refractivity contribution in [2.24, 2.45) is 5.73 Å². The SMILES string of the molecule is CN1CCN(S(=O)(=O)N2CCN(C(=O)C(C)(N)c3ccccc3)CC2)CC1. The minimum absolute atomic E-state index is 0.176. The number of rotatable bonds is 4. The van der Waals surface area contributed by atoms with E-state index in [4.69, 9.17) is 5.73 Å². The summed E-state index contributed by atoms with van der Waals surface area (Å²) in [5.74, 6) is -0.176. The van der Waals surface area contributed by atoms with Crippen LogP contribution >= 0.6 is 0 Å². The first-order valence-electron chi connectivity index (χ1n) is 9.30. The van der Waals surface area contributed by atoms with Crippen LogP contribution in [0.15, 0.2) is 30.3 Å². The molecule has 1 aromatic carbocycles. The lowest BCUT2D eigenvalue weighted by molar-refractivity contribution is -0.138. The molecule has 0 radical (unpaired) electrons. The molecule has 2 N–H and O–H groups in total. The van der Waals surface area contributed by atoms with Gasteiger partial charge in [-0.25, -0.2) is 0 Å². The van der Waals surface area contributed by atoms with Crippen molar-refractivity contribution in [1.82, 2.24) is 18.4 Å². The topological polar surface area (TPSA) is 90.2 Å². The van der Waals surface area contributed by atoms with Gasteiger partial charge in [-0.3, -0.25) is 4.79 Å². The number of nitrogens with two attached hydrogens (primary N) is 1. The number of nitrogens with zero attached hydrogens (tertiary/aromatic N) is 4. The molecule has 0 saturated carbocycles. The van der Waals surface area contributed by atoms with Crippen LogP contribution in [-0.4, -0.2) is 92.1 Å². The molecule has 1 aromatic rings. The molecule has 1 unspecified atom stereocenters. The van der Waals surface area contributed by atoms with Gasteiger partial charge in [-0.1, -0.05) is 30.3 Å². The summed E-state index contributed by atoms with van der Waals surface area (Å²) < 4.78 is 28.7. The summed E-state index contributed by atoms with van der Waals surface area (Å²) in [6, 6.07) is 9.27. The van der Waals surface area contributed by atoms with Crippen LogP contribution in [0.25, 0.3) is 0 Å². The first-order valence-corrected chi connectivity index (χ1v) is 10.7. The van der Waals surface area contributed by atoms with E-state index >= 15 is 0 Å². The highest BCUT2D eigenvalue weighted by molar-refractivity contribution is 7.86. The average molecular weight is 396 g/mol. The molecule has 2 saturated heterocycles. The molecule has 1 amide bonds. The molecule has 27 heavy (non-hydrogen) atoms. The molecule has 9 heteroatoms. The first kappa shape index (κ1) is 20.2. The summed E-state index contributed by atoms with van der Waals surface area (Å²) >= 11 is 0. The van der Waals surface area contributed by atoms with Crippen molar-refractivity contribution in [2.45, 2.75) is 12.5 Å². The quantitative estimate of drug-likeness (QED) is 0.742. The summed E-state index contributed by atoms with van der Waals surface area (Å²) in [6.07, 6.45) is 0. The number of likely N-dealkylation sites (N-methyl/N-ethyl adjacent to an activating group) is 1. The second kappa shape index (κ2) is 7.84. The van der Waals surface area contributed by atoms with Crippen molar-refractivity contribution in [2.75, 3.05) is 59.4 Å². The Morgan fingerprint density at radius 2 is 1.41 bits per heavy atom. The predicted molar refractivity (Wildman–Crippen MR) is 104 cm³/mol. The average Bonchev–Trinajstić information content (AvgIpc) is 2.68. The highest BCUT2D eigenvalue weighted by Gasteiger charge is 2.39. The summed E-state index contributed by atoms with van der Waals surface area (Å²) in [6.45, 7) is 5.49. The summed E-state index contributed by atoms with van der Waals surface area (Å²) in [5, 5.41) is 0. The summed E-state index contributed by atoms with van der Waals surface area (Å²) in [4.78, 5) is 16.7. The minimum Gasteiger partial charge on any atom is -0.338 e. The van der Waals surface area contributed by atoms with Gasteiger partial charge in [0, 0.05) is 52.4 Å². The van der Waals surface area contributed by atoms with Crippen molar-refractivity contribution < 1.29 is 13.2 Å². The minimum atomic E-state index is -3.47. The molecule has 2 aliphatic rings. The van der Waals surface area contributed by atoms with Gasteiger partial charge in [-0.15, -0.1) is 0 Å². The van der Waals surface area contributed by atoms with Crippen LogP contribution in [0, 0.1) is 0 Å².